The van der Waals surface area contributed by atoms with Gasteiger partial charge in [0.15, 0.2) is 0 Å². The van der Waals surface area contributed by atoms with Gasteiger partial charge in [0.1, 0.15) is 23.5 Å². The Kier molecular flexibility index (Phi) is 5.01. The van der Waals surface area contributed by atoms with E-state index < -0.39 is 0 Å². The summed E-state index contributed by atoms with van der Waals surface area (Å²) in [5, 5.41) is 3.88. The summed E-state index contributed by atoms with van der Waals surface area (Å²) >= 11 is 0. The van der Waals surface area contributed by atoms with Gasteiger partial charge in [-0.05, 0) is 40.5 Å². The van der Waals surface area contributed by atoms with E-state index in [1.807, 2.05) is 33.8 Å². The van der Waals surface area contributed by atoms with Gasteiger partial charge in [-0.25, -0.2) is 9.97 Å². The number of anilines is 1. The molecular weight excluding hydrogens is 320 g/mol. The Morgan fingerprint density at radius 3 is 2.80 bits per heavy atom. The molecule has 0 bridgehead atoms. The Balaban J connectivity index is 1.62. The van der Waals surface area contributed by atoms with Crippen molar-refractivity contribution in [2.24, 2.45) is 0 Å². The highest BCUT2D eigenvalue weighted by atomic mass is 16.5. The molecule has 0 saturated carbocycles. The van der Waals surface area contributed by atoms with Gasteiger partial charge >= 0.3 is 5.97 Å². The largest absolute Gasteiger partial charge is 0.460 e. The third-order valence-corrected chi connectivity index (χ3v) is 4.46. The monoisotopic (exact) mass is 344 g/mol. The molecule has 2 aromatic heterocycles. The molecule has 0 amide bonds. The van der Waals surface area contributed by atoms with Crippen LogP contribution in [0.3, 0.4) is 0 Å². The first-order valence-electron chi connectivity index (χ1n) is 8.61. The molecule has 2 aromatic rings. The highest BCUT2D eigenvalue weighted by Gasteiger charge is 2.25. The maximum Gasteiger partial charge on any atom is 0.310 e. The van der Waals surface area contributed by atoms with E-state index in [1.165, 1.54) is 0 Å². The lowest BCUT2D eigenvalue weighted by Gasteiger charge is -2.33. The highest BCUT2D eigenvalue weighted by molar-refractivity contribution is 5.73. The minimum absolute atomic E-state index is 0.128. The fourth-order valence-electron chi connectivity index (χ4n) is 3.23. The predicted octanol–water partition coefficient (Wildman–Crippen LogP) is 2.45. The van der Waals surface area contributed by atoms with Gasteiger partial charge in [-0.15, -0.1) is 0 Å². The average molecular weight is 344 g/mol. The molecule has 0 aliphatic carbocycles. The molecule has 3 heterocycles. The molecule has 1 aliphatic rings. The maximum atomic E-state index is 12.3. The van der Waals surface area contributed by atoms with Crippen molar-refractivity contribution in [2.75, 3.05) is 18.0 Å². The van der Waals surface area contributed by atoms with Gasteiger partial charge in [-0.1, -0.05) is 5.16 Å². The minimum atomic E-state index is -0.240. The third kappa shape index (κ3) is 4.15. The van der Waals surface area contributed by atoms with E-state index in [1.54, 1.807) is 0 Å². The second-order valence-electron chi connectivity index (χ2n) is 6.59. The first-order valence-corrected chi connectivity index (χ1v) is 8.61. The predicted molar refractivity (Wildman–Crippen MR) is 92.5 cm³/mol. The van der Waals surface area contributed by atoms with Crippen molar-refractivity contribution in [3.63, 3.8) is 0 Å². The lowest BCUT2D eigenvalue weighted by atomic mass is 10.1. The van der Waals surface area contributed by atoms with Crippen LogP contribution in [0.5, 0.6) is 0 Å². The van der Waals surface area contributed by atoms with E-state index in [-0.39, 0.29) is 18.5 Å². The number of ether oxygens (including phenoxy) is 1. The van der Waals surface area contributed by atoms with Crippen molar-refractivity contribution in [3.8, 4) is 0 Å². The number of carbonyl (C=O) groups is 1. The molecule has 0 spiro atoms. The first kappa shape index (κ1) is 17.4. The van der Waals surface area contributed by atoms with Crippen LogP contribution >= 0.6 is 0 Å². The normalized spacial score (nSPS) is 17.6. The lowest BCUT2D eigenvalue weighted by molar-refractivity contribution is -0.148. The number of rotatable bonds is 4. The number of esters is 1. The van der Waals surface area contributed by atoms with Gasteiger partial charge in [-0.3, -0.25) is 4.79 Å². The Hall–Kier alpha value is -2.44. The zero-order chi connectivity index (χ0) is 18.0. The van der Waals surface area contributed by atoms with Crippen molar-refractivity contribution < 1.29 is 14.1 Å². The summed E-state index contributed by atoms with van der Waals surface area (Å²) in [6, 6.07) is 1.97. The van der Waals surface area contributed by atoms with Crippen LogP contribution in [0.15, 0.2) is 10.6 Å². The van der Waals surface area contributed by atoms with Crippen molar-refractivity contribution in [1.29, 1.82) is 0 Å². The van der Waals surface area contributed by atoms with Crippen LogP contribution in [0.25, 0.3) is 0 Å². The van der Waals surface area contributed by atoms with E-state index in [0.717, 1.165) is 48.0 Å². The molecule has 1 fully saturated rings. The highest BCUT2D eigenvalue weighted by Crippen LogP contribution is 2.21. The van der Waals surface area contributed by atoms with Gasteiger partial charge in [0.2, 0.25) is 0 Å². The molecule has 1 saturated heterocycles. The van der Waals surface area contributed by atoms with Crippen molar-refractivity contribution in [2.45, 2.75) is 53.1 Å². The van der Waals surface area contributed by atoms with Gasteiger partial charge in [0, 0.05) is 23.9 Å². The first-order chi connectivity index (χ1) is 11.9. The quantitative estimate of drug-likeness (QED) is 0.788. The fraction of sp³-hybridized carbons (Fsp3) is 0.556. The number of aryl methyl sites for hydroxylation is 4. The standard InChI is InChI=1S/C18H24N4O3/c1-11-8-17(20-14(4)19-11)22-7-5-6-15(10-22)24-18(23)9-16-12(2)21-25-13(16)3/h8,15H,5-7,9-10H2,1-4H3/t15-/m1/s1. The van der Waals surface area contributed by atoms with Gasteiger partial charge in [-0.2, -0.15) is 0 Å². The van der Waals surface area contributed by atoms with E-state index in [2.05, 4.69) is 20.0 Å². The van der Waals surface area contributed by atoms with E-state index in [0.29, 0.717) is 12.3 Å². The number of nitrogens with zero attached hydrogens (tertiary/aromatic N) is 4. The number of hydrogen-bond donors (Lipinski definition) is 0. The second kappa shape index (κ2) is 7.21. The molecular formula is C18H24N4O3. The number of aromatic nitrogens is 3. The summed E-state index contributed by atoms with van der Waals surface area (Å²) in [7, 11) is 0. The number of piperidine rings is 1. The summed E-state index contributed by atoms with van der Waals surface area (Å²) in [5.41, 5.74) is 2.51. The molecule has 1 aliphatic heterocycles. The topological polar surface area (TPSA) is 81.4 Å². The average Bonchev–Trinajstić information content (AvgIpc) is 2.86. The zero-order valence-electron chi connectivity index (χ0n) is 15.2. The SMILES string of the molecule is Cc1cc(N2CCC[C@@H](OC(=O)Cc3c(C)noc3C)C2)nc(C)n1. The van der Waals surface area contributed by atoms with Crippen molar-refractivity contribution in [3.05, 3.63) is 34.6 Å². The van der Waals surface area contributed by atoms with Crippen LogP contribution in [0.2, 0.25) is 0 Å². The Labute approximate surface area is 147 Å². The van der Waals surface area contributed by atoms with Crippen LogP contribution in [0, 0.1) is 27.7 Å². The molecule has 1 atom stereocenters. The van der Waals surface area contributed by atoms with E-state index >= 15 is 0 Å². The summed E-state index contributed by atoms with van der Waals surface area (Å²) in [6.45, 7) is 9.06. The van der Waals surface area contributed by atoms with Crippen LogP contribution in [-0.4, -0.2) is 40.3 Å². The van der Waals surface area contributed by atoms with Crippen LogP contribution < -0.4 is 4.90 Å². The van der Waals surface area contributed by atoms with Crippen LogP contribution in [0.4, 0.5) is 5.82 Å². The zero-order valence-corrected chi connectivity index (χ0v) is 15.2. The molecule has 7 nitrogen and oxygen atoms in total. The number of hydrogen-bond acceptors (Lipinski definition) is 7. The summed E-state index contributed by atoms with van der Waals surface area (Å²) in [5.74, 6) is 2.09. The third-order valence-electron chi connectivity index (χ3n) is 4.46. The Bertz CT molecular complexity index is 732. The Morgan fingerprint density at radius 1 is 1.32 bits per heavy atom. The van der Waals surface area contributed by atoms with Crippen LogP contribution in [0.1, 0.15) is 41.4 Å². The van der Waals surface area contributed by atoms with Crippen molar-refractivity contribution >= 4 is 11.8 Å². The van der Waals surface area contributed by atoms with Crippen LogP contribution in [-0.2, 0) is 16.0 Å². The summed E-state index contributed by atoms with van der Waals surface area (Å²) in [6.07, 6.45) is 1.90. The molecule has 7 heteroatoms. The van der Waals surface area contributed by atoms with Crippen molar-refractivity contribution in [1.82, 2.24) is 15.1 Å². The molecule has 0 unspecified atom stereocenters. The molecule has 0 N–H and O–H groups in total. The Morgan fingerprint density at radius 2 is 2.12 bits per heavy atom. The maximum absolute atomic E-state index is 12.3. The minimum Gasteiger partial charge on any atom is -0.460 e. The molecule has 0 radical (unpaired) electrons. The molecule has 134 valence electrons. The lowest BCUT2D eigenvalue weighted by Crippen LogP contribution is -2.41. The molecule has 3 rings (SSSR count). The fourth-order valence-corrected chi connectivity index (χ4v) is 3.23. The van der Waals surface area contributed by atoms with E-state index in [4.69, 9.17) is 9.26 Å². The molecule has 25 heavy (non-hydrogen) atoms. The number of carbonyl (C=O) groups excluding carboxylic acids is 1. The smallest absolute Gasteiger partial charge is 0.310 e. The van der Waals surface area contributed by atoms with E-state index in [9.17, 15) is 4.79 Å². The second-order valence-corrected chi connectivity index (χ2v) is 6.59. The van der Waals surface area contributed by atoms with Gasteiger partial charge in [0.05, 0.1) is 18.7 Å². The molecule has 0 aromatic carbocycles. The van der Waals surface area contributed by atoms with Gasteiger partial charge in [0.25, 0.3) is 0 Å². The summed E-state index contributed by atoms with van der Waals surface area (Å²) < 4.78 is 10.8. The summed E-state index contributed by atoms with van der Waals surface area (Å²) in [4.78, 5) is 23.3. The van der Waals surface area contributed by atoms with Gasteiger partial charge < -0.3 is 14.2 Å².